The highest BCUT2D eigenvalue weighted by Gasteiger charge is 2.23. The predicted octanol–water partition coefficient (Wildman–Crippen LogP) is 3.35. The maximum absolute atomic E-state index is 13.1. The van der Waals surface area contributed by atoms with E-state index in [4.69, 9.17) is 0 Å². The Morgan fingerprint density at radius 2 is 2.04 bits per heavy atom. The zero-order chi connectivity index (χ0) is 18.8. The van der Waals surface area contributed by atoms with E-state index in [-0.39, 0.29) is 11.7 Å². The third kappa shape index (κ3) is 3.71. The molecule has 0 spiro atoms. The average molecular weight is 366 g/mol. The minimum absolute atomic E-state index is 0.0723. The standard InChI is InChI=1S/C21H23FN4O/c1-2-25-11-3-4-18(25)12-23-21(27)16-7-10-20-24-19(14-26(20)13-16)15-5-8-17(22)9-6-15/h5-10,13-14,18H,2-4,11-12H2,1H3,(H,23,27). The number of hydrogen-bond donors (Lipinski definition) is 1. The number of fused-ring (bicyclic) bond motifs is 1. The van der Waals surface area contributed by atoms with Gasteiger partial charge in [-0.15, -0.1) is 0 Å². The van der Waals surface area contributed by atoms with Crippen LogP contribution in [0.5, 0.6) is 0 Å². The Morgan fingerprint density at radius 1 is 1.22 bits per heavy atom. The second-order valence-corrected chi connectivity index (χ2v) is 6.95. The molecular formula is C21H23FN4O. The fourth-order valence-electron chi connectivity index (χ4n) is 3.74. The first kappa shape index (κ1) is 17.7. The molecule has 1 amide bonds. The Bertz CT molecular complexity index is 950. The monoisotopic (exact) mass is 366 g/mol. The first-order chi connectivity index (χ1) is 13.1. The first-order valence-electron chi connectivity index (χ1n) is 9.41. The van der Waals surface area contributed by atoms with Gasteiger partial charge < -0.3 is 9.72 Å². The fourth-order valence-corrected chi connectivity index (χ4v) is 3.74. The molecule has 6 heteroatoms. The molecular weight excluding hydrogens is 343 g/mol. The van der Waals surface area contributed by atoms with Crippen LogP contribution in [-0.4, -0.2) is 45.9 Å². The normalized spacial score (nSPS) is 17.5. The summed E-state index contributed by atoms with van der Waals surface area (Å²) in [5.41, 5.74) is 2.94. The van der Waals surface area contributed by atoms with Gasteiger partial charge in [0.25, 0.3) is 5.91 Å². The number of nitrogens with one attached hydrogen (secondary N) is 1. The van der Waals surface area contributed by atoms with Gasteiger partial charge in [-0.3, -0.25) is 9.69 Å². The molecule has 4 rings (SSSR count). The third-order valence-corrected chi connectivity index (χ3v) is 5.26. The van der Waals surface area contributed by atoms with Crippen molar-refractivity contribution in [2.75, 3.05) is 19.6 Å². The summed E-state index contributed by atoms with van der Waals surface area (Å²) in [6, 6.07) is 10.3. The molecule has 1 aromatic carbocycles. The molecule has 1 atom stereocenters. The summed E-state index contributed by atoms with van der Waals surface area (Å²) in [6.45, 7) is 4.97. The van der Waals surface area contributed by atoms with Crippen LogP contribution in [0.15, 0.2) is 48.8 Å². The van der Waals surface area contributed by atoms with Crippen LogP contribution < -0.4 is 5.32 Å². The van der Waals surface area contributed by atoms with Crippen LogP contribution in [0.25, 0.3) is 16.9 Å². The maximum atomic E-state index is 13.1. The molecule has 1 aliphatic heterocycles. The van der Waals surface area contributed by atoms with Crippen molar-refractivity contribution >= 4 is 11.6 Å². The van der Waals surface area contributed by atoms with E-state index >= 15 is 0 Å². The zero-order valence-corrected chi connectivity index (χ0v) is 15.4. The lowest BCUT2D eigenvalue weighted by atomic mass is 10.2. The highest BCUT2D eigenvalue weighted by atomic mass is 19.1. The highest BCUT2D eigenvalue weighted by molar-refractivity contribution is 5.94. The molecule has 1 unspecified atom stereocenters. The van der Waals surface area contributed by atoms with Gasteiger partial charge >= 0.3 is 0 Å². The number of pyridine rings is 1. The largest absolute Gasteiger partial charge is 0.350 e. The highest BCUT2D eigenvalue weighted by Crippen LogP contribution is 2.20. The predicted molar refractivity (Wildman–Crippen MR) is 103 cm³/mol. The van der Waals surface area contributed by atoms with E-state index < -0.39 is 0 Å². The van der Waals surface area contributed by atoms with E-state index in [1.54, 1.807) is 24.4 Å². The van der Waals surface area contributed by atoms with Crippen LogP contribution in [0, 0.1) is 5.82 Å². The number of halogens is 1. The van der Waals surface area contributed by atoms with Crippen LogP contribution >= 0.6 is 0 Å². The summed E-state index contributed by atoms with van der Waals surface area (Å²) < 4.78 is 14.9. The molecule has 1 fully saturated rings. The summed E-state index contributed by atoms with van der Waals surface area (Å²) in [5, 5.41) is 3.06. The minimum Gasteiger partial charge on any atom is -0.350 e. The minimum atomic E-state index is -0.273. The summed E-state index contributed by atoms with van der Waals surface area (Å²) >= 11 is 0. The van der Waals surface area contributed by atoms with E-state index in [2.05, 4.69) is 22.1 Å². The van der Waals surface area contributed by atoms with Crippen molar-refractivity contribution < 1.29 is 9.18 Å². The number of likely N-dealkylation sites (N-methyl/N-ethyl adjacent to an activating group) is 1. The summed E-state index contributed by atoms with van der Waals surface area (Å²) in [7, 11) is 0. The number of nitrogens with zero attached hydrogens (tertiary/aromatic N) is 3. The number of likely N-dealkylation sites (tertiary alicyclic amines) is 1. The SMILES string of the molecule is CCN1CCCC1CNC(=O)c1ccc2nc(-c3ccc(F)cc3)cn2c1. The number of carbonyl (C=O) groups excluding carboxylic acids is 1. The summed E-state index contributed by atoms with van der Waals surface area (Å²) in [5.74, 6) is -0.345. The van der Waals surface area contributed by atoms with Crippen LogP contribution in [0.1, 0.15) is 30.1 Å². The van der Waals surface area contributed by atoms with Gasteiger partial charge in [-0.05, 0) is 62.3 Å². The first-order valence-corrected chi connectivity index (χ1v) is 9.41. The molecule has 1 saturated heterocycles. The van der Waals surface area contributed by atoms with E-state index in [0.717, 1.165) is 36.4 Å². The van der Waals surface area contributed by atoms with Crippen LogP contribution in [-0.2, 0) is 0 Å². The van der Waals surface area contributed by atoms with Crippen molar-refractivity contribution in [2.45, 2.75) is 25.8 Å². The second kappa shape index (κ2) is 7.48. The average Bonchev–Trinajstić information content (AvgIpc) is 3.32. The molecule has 0 aliphatic carbocycles. The maximum Gasteiger partial charge on any atom is 0.252 e. The Kier molecular flexibility index (Phi) is 4.90. The van der Waals surface area contributed by atoms with Crippen LogP contribution in [0.2, 0.25) is 0 Å². The van der Waals surface area contributed by atoms with Gasteiger partial charge in [-0.25, -0.2) is 9.37 Å². The van der Waals surface area contributed by atoms with Crippen molar-refractivity contribution in [1.82, 2.24) is 19.6 Å². The molecule has 27 heavy (non-hydrogen) atoms. The molecule has 1 N–H and O–H groups in total. The Labute approximate surface area is 157 Å². The van der Waals surface area contributed by atoms with Gasteiger partial charge in [-0.1, -0.05) is 6.92 Å². The molecule has 140 valence electrons. The summed E-state index contributed by atoms with van der Waals surface area (Å²) in [4.78, 5) is 19.5. The smallest absolute Gasteiger partial charge is 0.252 e. The number of rotatable bonds is 5. The lowest BCUT2D eigenvalue weighted by molar-refractivity contribution is 0.0941. The number of hydrogen-bond acceptors (Lipinski definition) is 3. The van der Waals surface area contributed by atoms with Gasteiger partial charge in [0.15, 0.2) is 0 Å². The van der Waals surface area contributed by atoms with Crippen molar-refractivity contribution in [2.24, 2.45) is 0 Å². The van der Waals surface area contributed by atoms with Gasteiger partial charge in [0.1, 0.15) is 11.5 Å². The van der Waals surface area contributed by atoms with Crippen LogP contribution in [0.4, 0.5) is 4.39 Å². The van der Waals surface area contributed by atoms with E-state index in [1.807, 2.05) is 16.7 Å². The van der Waals surface area contributed by atoms with Gasteiger partial charge in [-0.2, -0.15) is 0 Å². The van der Waals surface area contributed by atoms with E-state index in [1.165, 1.54) is 18.6 Å². The van der Waals surface area contributed by atoms with Crippen molar-refractivity contribution in [3.05, 3.63) is 60.2 Å². The fraction of sp³-hybridized carbons (Fsp3) is 0.333. The second-order valence-electron chi connectivity index (χ2n) is 6.95. The van der Waals surface area contributed by atoms with Crippen molar-refractivity contribution in [3.63, 3.8) is 0 Å². The molecule has 0 saturated carbocycles. The molecule has 1 aliphatic rings. The van der Waals surface area contributed by atoms with Gasteiger partial charge in [0.2, 0.25) is 0 Å². The molecule has 3 heterocycles. The lowest BCUT2D eigenvalue weighted by Gasteiger charge is -2.22. The van der Waals surface area contributed by atoms with Crippen molar-refractivity contribution in [1.29, 1.82) is 0 Å². The number of benzene rings is 1. The Balaban J connectivity index is 1.49. The number of imidazole rings is 1. The van der Waals surface area contributed by atoms with Crippen LogP contribution in [0.3, 0.4) is 0 Å². The summed E-state index contributed by atoms with van der Waals surface area (Å²) in [6.07, 6.45) is 5.98. The third-order valence-electron chi connectivity index (χ3n) is 5.26. The van der Waals surface area contributed by atoms with E-state index in [0.29, 0.717) is 18.2 Å². The number of amides is 1. The molecule has 3 aromatic rings. The Hall–Kier alpha value is -2.73. The van der Waals surface area contributed by atoms with Gasteiger partial charge in [0, 0.05) is 30.5 Å². The molecule has 2 aromatic heterocycles. The zero-order valence-electron chi connectivity index (χ0n) is 15.4. The number of carbonyl (C=O) groups is 1. The van der Waals surface area contributed by atoms with E-state index in [9.17, 15) is 9.18 Å². The lowest BCUT2D eigenvalue weighted by Crippen LogP contribution is -2.40. The topological polar surface area (TPSA) is 49.6 Å². The quantitative estimate of drug-likeness (QED) is 0.753. The van der Waals surface area contributed by atoms with Crippen molar-refractivity contribution in [3.8, 4) is 11.3 Å². The molecule has 0 radical (unpaired) electrons. The Morgan fingerprint density at radius 3 is 2.81 bits per heavy atom. The number of aromatic nitrogens is 2. The van der Waals surface area contributed by atoms with Gasteiger partial charge in [0.05, 0.1) is 11.3 Å². The molecule has 5 nitrogen and oxygen atoms in total. The molecule has 0 bridgehead atoms.